The molecule has 190 valence electrons. The zero-order chi connectivity index (χ0) is 26.5. The predicted octanol–water partition coefficient (Wildman–Crippen LogP) is 4.17. The lowest BCUT2D eigenvalue weighted by atomic mass is 10.2. The van der Waals surface area contributed by atoms with Crippen LogP contribution < -0.4 is 15.5 Å². The maximum absolute atomic E-state index is 12.9. The average molecular weight is 563 g/mol. The van der Waals surface area contributed by atoms with Crippen LogP contribution >= 0.6 is 23.2 Å². The molecule has 0 saturated heterocycles. The molecule has 0 aliphatic carbocycles. The Labute approximate surface area is 212 Å². The van der Waals surface area contributed by atoms with Crippen LogP contribution in [-0.4, -0.2) is 26.4 Å². The summed E-state index contributed by atoms with van der Waals surface area (Å²) >= 11 is 11.3. The zero-order valence-corrected chi connectivity index (χ0v) is 20.1. The minimum absolute atomic E-state index is 0.00876. The van der Waals surface area contributed by atoms with Crippen LogP contribution in [0, 0.1) is 0 Å². The third-order valence-electron chi connectivity index (χ3n) is 4.34. The summed E-state index contributed by atoms with van der Waals surface area (Å²) in [6.45, 7) is -0.186. The average Bonchev–Trinajstić information content (AvgIpc) is 3.26. The molecule has 3 N–H and O–H groups in total. The molecule has 0 aliphatic rings. The fourth-order valence-corrected chi connectivity index (χ4v) is 3.98. The lowest BCUT2D eigenvalue weighted by Gasteiger charge is -2.11. The van der Waals surface area contributed by atoms with Crippen molar-refractivity contribution in [3.8, 4) is 0 Å². The highest BCUT2D eigenvalue weighted by Crippen LogP contribution is 2.36. The highest BCUT2D eigenvalue weighted by Gasteiger charge is 2.33. The summed E-state index contributed by atoms with van der Waals surface area (Å²) in [4.78, 5) is 23.8. The van der Waals surface area contributed by atoms with Crippen LogP contribution in [0.4, 0.5) is 18.9 Å². The van der Waals surface area contributed by atoms with E-state index in [9.17, 15) is 31.2 Å². The fourth-order valence-electron chi connectivity index (χ4n) is 2.64. The molecule has 0 aliphatic heterocycles. The Morgan fingerprint density at radius 3 is 2.36 bits per heavy atom. The molecule has 0 fully saturated rings. The summed E-state index contributed by atoms with van der Waals surface area (Å²) in [6, 6.07) is 11.0. The topological polar surface area (TPSA) is 130 Å². The van der Waals surface area contributed by atoms with Gasteiger partial charge in [-0.05, 0) is 54.6 Å². The number of carbonyl (C=O) groups excluding carboxylic acids is 2. The number of sulfonamides is 1. The van der Waals surface area contributed by atoms with Crippen molar-refractivity contribution < 1.29 is 35.6 Å². The first-order chi connectivity index (χ1) is 16.8. The van der Waals surface area contributed by atoms with Crippen molar-refractivity contribution in [3.05, 3.63) is 81.7 Å². The molecule has 0 unspecified atom stereocenters. The molecule has 3 aromatic rings. The number of nitrogens with zero attached hydrogens (tertiary/aromatic N) is 1. The van der Waals surface area contributed by atoms with Crippen molar-refractivity contribution in [1.29, 1.82) is 0 Å². The van der Waals surface area contributed by atoms with Crippen LogP contribution in [0.25, 0.3) is 0 Å². The lowest BCUT2D eigenvalue weighted by molar-refractivity contribution is -0.137. The van der Waals surface area contributed by atoms with E-state index in [0.29, 0.717) is 11.1 Å². The number of furan rings is 1. The van der Waals surface area contributed by atoms with E-state index in [2.05, 4.69) is 9.82 Å². The normalized spacial score (nSPS) is 12.0. The number of alkyl halides is 3. The molecule has 0 radical (unpaired) electrons. The Kier molecular flexibility index (Phi) is 8.40. The van der Waals surface area contributed by atoms with Crippen LogP contribution in [0.1, 0.15) is 17.1 Å². The van der Waals surface area contributed by atoms with E-state index < -0.39 is 38.6 Å². The van der Waals surface area contributed by atoms with Crippen molar-refractivity contribution >= 4 is 56.9 Å². The number of carbonyl (C=O) groups is 2. The number of hydrogen-bond acceptors (Lipinski definition) is 6. The second-order valence-electron chi connectivity index (χ2n) is 6.93. The van der Waals surface area contributed by atoms with E-state index in [-0.39, 0.29) is 28.6 Å². The van der Waals surface area contributed by atoms with Gasteiger partial charge >= 0.3 is 18.0 Å². The molecule has 0 atom stereocenters. The molecule has 0 spiro atoms. The first-order valence-corrected chi connectivity index (χ1v) is 11.9. The SMILES string of the molecule is O=C(N/N=C/c1ccc(CNS(=O)(=O)c2ccc(Cl)cc2)o1)C(=O)Nc1ccc(Cl)c(C(F)(F)F)c1. The van der Waals surface area contributed by atoms with Gasteiger partial charge in [0.1, 0.15) is 11.5 Å². The first kappa shape index (κ1) is 27.2. The molecular formula is C21H15Cl2F3N4O5S. The van der Waals surface area contributed by atoms with Crippen molar-refractivity contribution in [1.82, 2.24) is 10.1 Å². The monoisotopic (exact) mass is 562 g/mol. The largest absolute Gasteiger partial charge is 0.459 e. The predicted molar refractivity (Wildman–Crippen MR) is 125 cm³/mol. The lowest BCUT2D eigenvalue weighted by Crippen LogP contribution is -2.32. The molecule has 9 nitrogen and oxygen atoms in total. The zero-order valence-electron chi connectivity index (χ0n) is 17.8. The Morgan fingerprint density at radius 2 is 1.69 bits per heavy atom. The van der Waals surface area contributed by atoms with Gasteiger partial charge < -0.3 is 9.73 Å². The van der Waals surface area contributed by atoms with Gasteiger partial charge in [-0.2, -0.15) is 18.3 Å². The molecule has 0 bridgehead atoms. The van der Waals surface area contributed by atoms with E-state index in [1.807, 2.05) is 10.7 Å². The highest BCUT2D eigenvalue weighted by molar-refractivity contribution is 7.89. The summed E-state index contributed by atoms with van der Waals surface area (Å²) in [5.41, 5.74) is 0.412. The molecule has 0 saturated carbocycles. The highest BCUT2D eigenvalue weighted by atomic mass is 35.5. The van der Waals surface area contributed by atoms with Crippen molar-refractivity contribution in [2.75, 3.05) is 5.32 Å². The molecule has 2 amide bonds. The van der Waals surface area contributed by atoms with Crippen LogP contribution in [0.15, 0.2) is 69.0 Å². The van der Waals surface area contributed by atoms with E-state index >= 15 is 0 Å². The molecule has 1 heterocycles. The quantitative estimate of drug-likeness (QED) is 0.226. The molecule has 1 aromatic heterocycles. The number of hydrazone groups is 1. The Morgan fingerprint density at radius 1 is 1.00 bits per heavy atom. The number of anilines is 1. The van der Waals surface area contributed by atoms with Gasteiger partial charge in [-0.15, -0.1) is 0 Å². The standard InChI is InChI=1S/C21H15Cl2F3N4O5S/c22-12-1-6-16(7-2-12)36(33,34)28-11-15-5-4-14(35-15)10-27-30-20(32)19(31)29-13-3-8-18(23)17(9-13)21(24,25)26/h1-10,28H,11H2,(H,29,31)(H,30,32)/b27-10+. The fraction of sp³-hybridized carbons (Fsp3) is 0.0952. The second kappa shape index (κ2) is 11.1. The number of hydrogen-bond donors (Lipinski definition) is 3. The summed E-state index contributed by atoms with van der Waals surface area (Å²) in [5, 5.41) is 5.34. The molecule has 15 heteroatoms. The summed E-state index contributed by atoms with van der Waals surface area (Å²) in [6.07, 6.45) is -3.71. The van der Waals surface area contributed by atoms with Gasteiger partial charge in [0.15, 0.2) is 0 Å². The minimum atomic E-state index is -4.75. The number of halogens is 5. The number of nitrogens with one attached hydrogen (secondary N) is 3. The molecule has 3 rings (SSSR count). The van der Waals surface area contributed by atoms with Gasteiger partial charge in [0.05, 0.1) is 28.2 Å². The van der Waals surface area contributed by atoms with Crippen LogP contribution in [0.5, 0.6) is 0 Å². The third kappa shape index (κ3) is 7.31. The van der Waals surface area contributed by atoms with Gasteiger partial charge in [0, 0.05) is 10.7 Å². The number of rotatable bonds is 7. The van der Waals surface area contributed by atoms with Crippen LogP contribution in [0.3, 0.4) is 0 Å². The molecular weight excluding hydrogens is 548 g/mol. The minimum Gasteiger partial charge on any atom is -0.459 e. The van der Waals surface area contributed by atoms with Gasteiger partial charge in [-0.25, -0.2) is 18.6 Å². The van der Waals surface area contributed by atoms with Crippen molar-refractivity contribution in [3.63, 3.8) is 0 Å². The van der Waals surface area contributed by atoms with Crippen LogP contribution in [0.2, 0.25) is 10.0 Å². The van der Waals surface area contributed by atoms with Gasteiger partial charge in [0.2, 0.25) is 10.0 Å². The summed E-state index contributed by atoms with van der Waals surface area (Å²) in [7, 11) is -3.82. The Bertz CT molecular complexity index is 1410. The van der Waals surface area contributed by atoms with Crippen LogP contribution in [-0.2, 0) is 32.3 Å². The van der Waals surface area contributed by atoms with E-state index in [4.69, 9.17) is 27.6 Å². The maximum Gasteiger partial charge on any atom is 0.417 e. The van der Waals surface area contributed by atoms with E-state index in [1.165, 1.54) is 36.4 Å². The van der Waals surface area contributed by atoms with Gasteiger partial charge in [-0.3, -0.25) is 9.59 Å². The summed E-state index contributed by atoms with van der Waals surface area (Å²) in [5.74, 6) is -2.21. The third-order valence-corrected chi connectivity index (χ3v) is 6.34. The Balaban J connectivity index is 1.53. The van der Waals surface area contributed by atoms with Gasteiger partial charge in [0.25, 0.3) is 0 Å². The smallest absolute Gasteiger partial charge is 0.417 e. The molecule has 2 aromatic carbocycles. The first-order valence-electron chi connectivity index (χ1n) is 9.70. The van der Waals surface area contributed by atoms with Crippen molar-refractivity contribution in [2.24, 2.45) is 5.10 Å². The number of benzene rings is 2. The van der Waals surface area contributed by atoms with Gasteiger partial charge in [-0.1, -0.05) is 23.2 Å². The second-order valence-corrected chi connectivity index (χ2v) is 9.54. The summed E-state index contributed by atoms with van der Waals surface area (Å²) < 4.78 is 71.0. The Hall–Kier alpha value is -3.39. The van der Waals surface area contributed by atoms with E-state index in [0.717, 1.165) is 18.3 Å². The maximum atomic E-state index is 12.9. The number of amides is 2. The van der Waals surface area contributed by atoms with Crippen molar-refractivity contribution in [2.45, 2.75) is 17.6 Å². The molecule has 36 heavy (non-hydrogen) atoms. The van der Waals surface area contributed by atoms with E-state index in [1.54, 1.807) is 0 Å².